The van der Waals surface area contributed by atoms with Gasteiger partial charge in [0.1, 0.15) is 0 Å². The number of halogens is 1. The van der Waals surface area contributed by atoms with Crippen molar-refractivity contribution in [1.29, 1.82) is 0 Å². The number of aliphatic imine (C=N–C) groups is 1. The van der Waals surface area contributed by atoms with E-state index in [-0.39, 0.29) is 24.0 Å². The first kappa shape index (κ1) is 23.5. The summed E-state index contributed by atoms with van der Waals surface area (Å²) in [6.45, 7) is 5.99. The van der Waals surface area contributed by atoms with Crippen LogP contribution in [-0.2, 0) is 4.74 Å². The summed E-state index contributed by atoms with van der Waals surface area (Å²) in [5.74, 6) is 0.925. The average molecular weight is 495 g/mol. The molecule has 0 aromatic carbocycles. The third kappa shape index (κ3) is 8.41. The summed E-state index contributed by atoms with van der Waals surface area (Å²) < 4.78 is 5.10. The Bertz CT molecular complexity index is 492. The Hall–Kier alpha value is -0.580. The van der Waals surface area contributed by atoms with E-state index in [4.69, 9.17) is 4.74 Å². The van der Waals surface area contributed by atoms with Gasteiger partial charge in [-0.2, -0.15) is 0 Å². The molecule has 0 amide bonds. The van der Waals surface area contributed by atoms with Gasteiger partial charge in [-0.05, 0) is 50.4 Å². The van der Waals surface area contributed by atoms with Crippen molar-refractivity contribution in [1.82, 2.24) is 15.5 Å². The first-order chi connectivity index (χ1) is 12.2. The monoisotopic (exact) mass is 495 g/mol. The van der Waals surface area contributed by atoms with Gasteiger partial charge in [0.2, 0.25) is 0 Å². The Kier molecular flexibility index (Phi) is 12.2. The highest BCUT2D eigenvalue weighted by atomic mass is 127. The maximum absolute atomic E-state index is 5.10. The number of thiophene rings is 1. The third-order valence-corrected chi connectivity index (χ3v) is 5.49. The number of rotatable bonds is 9. The lowest BCUT2D eigenvalue weighted by Gasteiger charge is -2.33. The number of ether oxygens (including phenoxy) is 1. The summed E-state index contributed by atoms with van der Waals surface area (Å²) in [6.07, 6.45) is 3.40. The number of methoxy groups -OCH3 is 1. The van der Waals surface area contributed by atoms with Gasteiger partial charge in [0.15, 0.2) is 5.96 Å². The van der Waals surface area contributed by atoms with Crippen LogP contribution in [0.3, 0.4) is 0 Å². The number of hydrogen-bond donors (Lipinski definition) is 2. The fourth-order valence-corrected chi connectivity index (χ4v) is 3.78. The first-order valence-electron chi connectivity index (χ1n) is 9.16. The fourth-order valence-electron chi connectivity index (χ4n) is 3.00. The van der Waals surface area contributed by atoms with Crippen molar-refractivity contribution in [2.45, 2.75) is 25.3 Å². The second kappa shape index (κ2) is 13.6. The number of likely N-dealkylation sites (N-methyl/N-ethyl adjacent to an activating group) is 1. The normalized spacial score (nSPS) is 15.8. The maximum atomic E-state index is 5.10. The second-order valence-corrected chi connectivity index (χ2v) is 7.43. The maximum Gasteiger partial charge on any atom is 0.191 e. The predicted molar refractivity (Wildman–Crippen MR) is 123 cm³/mol. The van der Waals surface area contributed by atoms with E-state index >= 15 is 0 Å². The minimum absolute atomic E-state index is 0. The van der Waals surface area contributed by atoms with Crippen LogP contribution in [-0.4, -0.2) is 77.4 Å². The molecule has 0 bridgehead atoms. The zero-order chi connectivity index (χ0) is 17.9. The quantitative estimate of drug-likeness (QED) is 0.239. The number of nitrogens with zero attached hydrogens (tertiary/aromatic N) is 3. The fraction of sp³-hybridized carbons (Fsp3) is 0.722. The molecule has 0 atom stereocenters. The third-order valence-electron chi connectivity index (χ3n) is 4.56. The van der Waals surface area contributed by atoms with Gasteiger partial charge >= 0.3 is 0 Å². The minimum atomic E-state index is 0. The molecule has 0 unspecified atom stereocenters. The minimum Gasteiger partial charge on any atom is -0.383 e. The SMILES string of the molecule is CN=C(NCCCN(C)CCOC)NC1CCN(c2cccs2)CC1.I. The van der Waals surface area contributed by atoms with Gasteiger partial charge in [0.25, 0.3) is 0 Å². The van der Waals surface area contributed by atoms with Crippen molar-refractivity contribution in [3.63, 3.8) is 0 Å². The Morgan fingerprint density at radius 2 is 2.15 bits per heavy atom. The molecule has 1 aromatic rings. The van der Waals surface area contributed by atoms with Gasteiger partial charge in [-0.3, -0.25) is 4.99 Å². The Morgan fingerprint density at radius 1 is 1.38 bits per heavy atom. The Balaban J connectivity index is 0.00000338. The van der Waals surface area contributed by atoms with Gasteiger partial charge < -0.3 is 25.2 Å². The van der Waals surface area contributed by atoms with Crippen LogP contribution in [0.25, 0.3) is 0 Å². The molecule has 0 radical (unpaired) electrons. The zero-order valence-corrected chi connectivity index (χ0v) is 19.4. The summed E-state index contributed by atoms with van der Waals surface area (Å²) in [7, 11) is 5.73. The van der Waals surface area contributed by atoms with Gasteiger partial charge in [0.05, 0.1) is 11.6 Å². The average Bonchev–Trinajstić information content (AvgIpc) is 3.17. The summed E-state index contributed by atoms with van der Waals surface area (Å²) in [4.78, 5) is 9.14. The molecule has 2 heterocycles. The van der Waals surface area contributed by atoms with Gasteiger partial charge in [-0.1, -0.05) is 0 Å². The molecule has 1 aliphatic rings. The molecule has 150 valence electrons. The molecule has 1 fully saturated rings. The van der Waals surface area contributed by atoms with Crippen LogP contribution in [0.15, 0.2) is 22.5 Å². The molecule has 1 saturated heterocycles. The van der Waals surface area contributed by atoms with E-state index in [2.05, 4.69) is 50.0 Å². The molecular weight excluding hydrogens is 461 g/mol. The highest BCUT2D eigenvalue weighted by molar-refractivity contribution is 14.0. The molecule has 6 nitrogen and oxygen atoms in total. The van der Waals surface area contributed by atoms with E-state index in [1.54, 1.807) is 7.11 Å². The van der Waals surface area contributed by atoms with Crippen LogP contribution in [0.5, 0.6) is 0 Å². The Morgan fingerprint density at radius 3 is 2.77 bits per heavy atom. The van der Waals surface area contributed by atoms with E-state index in [0.29, 0.717) is 6.04 Å². The van der Waals surface area contributed by atoms with Crippen molar-refractivity contribution >= 4 is 46.3 Å². The van der Waals surface area contributed by atoms with Crippen LogP contribution in [0.4, 0.5) is 5.00 Å². The van der Waals surface area contributed by atoms with E-state index in [1.807, 2.05) is 18.4 Å². The molecule has 0 aliphatic carbocycles. The van der Waals surface area contributed by atoms with Crippen molar-refractivity contribution in [3.8, 4) is 0 Å². The highest BCUT2D eigenvalue weighted by Crippen LogP contribution is 2.24. The lowest BCUT2D eigenvalue weighted by molar-refractivity contribution is 0.161. The summed E-state index contributed by atoms with van der Waals surface area (Å²) in [6, 6.07) is 4.84. The number of nitrogens with one attached hydrogen (secondary N) is 2. The van der Waals surface area contributed by atoms with Gasteiger partial charge in [-0.25, -0.2) is 0 Å². The van der Waals surface area contributed by atoms with Crippen molar-refractivity contribution in [2.75, 3.05) is 65.4 Å². The number of guanidine groups is 1. The molecule has 26 heavy (non-hydrogen) atoms. The molecule has 8 heteroatoms. The lowest BCUT2D eigenvalue weighted by Crippen LogP contribution is -2.49. The van der Waals surface area contributed by atoms with Crippen LogP contribution >= 0.6 is 35.3 Å². The molecule has 2 N–H and O–H groups in total. The van der Waals surface area contributed by atoms with Crippen molar-refractivity contribution in [2.24, 2.45) is 4.99 Å². The van der Waals surface area contributed by atoms with E-state index in [9.17, 15) is 0 Å². The molecular formula is C18H34IN5OS. The van der Waals surface area contributed by atoms with Crippen molar-refractivity contribution < 1.29 is 4.74 Å². The van der Waals surface area contributed by atoms with E-state index in [1.165, 1.54) is 5.00 Å². The van der Waals surface area contributed by atoms with Gasteiger partial charge in [0, 0.05) is 46.4 Å². The second-order valence-electron chi connectivity index (χ2n) is 6.51. The molecule has 2 rings (SSSR count). The van der Waals surface area contributed by atoms with Crippen LogP contribution in [0.1, 0.15) is 19.3 Å². The largest absolute Gasteiger partial charge is 0.383 e. The summed E-state index contributed by atoms with van der Waals surface area (Å²) in [5.41, 5.74) is 0. The lowest BCUT2D eigenvalue weighted by atomic mass is 10.1. The molecule has 0 spiro atoms. The highest BCUT2D eigenvalue weighted by Gasteiger charge is 2.20. The Labute approximate surface area is 179 Å². The van der Waals surface area contributed by atoms with Gasteiger partial charge in [-0.15, -0.1) is 35.3 Å². The number of hydrogen-bond acceptors (Lipinski definition) is 5. The zero-order valence-electron chi connectivity index (χ0n) is 16.2. The standard InChI is InChI=1S/C18H33N5OS.HI/c1-19-18(20-9-5-10-22(2)13-14-24-3)21-16-7-11-23(12-8-16)17-6-4-15-25-17;/h4,6,15-16H,5,7-14H2,1-3H3,(H2,19,20,21);1H. The van der Waals surface area contributed by atoms with Crippen LogP contribution < -0.4 is 15.5 Å². The number of anilines is 1. The summed E-state index contributed by atoms with van der Waals surface area (Å²) in [5, 5.41) is 10.6. The molecule has 0 saturated carbocycles. The van der Waals surface area contributed by atoms with E-state index < -0.39 is 0 Å². The topological polar surface area (TPSA) is 52.1 Å². The van der Waals surface area contributed by atoms with Crippen LogP contribution in [0, 0.1) is 0 Å². The number of piperidine rings is 1. The van der Waals surface area contributed by atoms with E-state index in [0.717, 1.165) is 64.6 Å². The molecule has 1 aliphatic heterocycles. The first-order valence-corrected chi connectivity index (χ1v) is 10.0. The smallest absolute Gasteiger partial charge is 0.191 e. The van der Waals surface area contributed by atoms with Crippen molar-refractivity contribution in [3.05, 3.63) is 17.5 Å². The molecule has 1 aromatic heterocycles. The predicted octanol–water partition coefficient (Wildman–Crippen LogP) is 2.47. The van der Waals surface area contributed by atoms with Crippen LogP contribution in [0.2, 0.25) is 0 Å². The summed E-state index contributed by atoms with van der Waals surface area (Å²) >= 11 is 1.83.